The first-order chi connectivity index (χ1) is 45.0. The number of hydrogen-bond acceptors (Lipinski definition) is 18. The minimum Gasteiger partial charge on any atom is -0.508 e. The smallest absolute Gasteiger partial charge is 0.490 e. The highest BCUT2D eigenvalue weighted by atomic mass is 19.4. The molecule has 1 heterocycles. The normalized spacial score (nSPS) is 14.8. The molecule has 7 atom stereocenters. The lowest BCUT2D eigenvalue weighted by Gasteiger charge is -2.31. The molecule has 0 radical (unpaired) electrons. The number of rotatable bonds is 32. The quantitative estimate of drug-likeness (QED) is 0.0200. The molecule has 0 unspecified atom stereocenters. The second-order valence-electron chi connectivity index (χ2n) is 20.7. The SMILES string of the molecule is CC[C@H](C)[C@H](NC(=O)[C@H](Cc1ccc(O)cc1)NC(=O)[C@@H]1CCCN1C(=O)[C@H](CCCN=C(N)NC(=O)NCCOCCOCCN)NC(=O)[C@@H](N)CCCN=C(N)N)C(=O)N[C@@H](CC(C)C)C(=O)O.O=C(O)C(F)(F)F.O=C(O)C(F)(F)F.O=C(O)C(F)(F)F.O=C(O)C(F)(F)F. The molecule has 0 bridgehead atoms. The molecule has 7 amide bonds. The van der Waals surface area contributed by atoms with Gasteiger partial charge in [-0.3, -0.25) is 39.3 Å². The first-order valence-corrected chi connectivity index (χ1v) is 28.8. The standard InChI is InChI=1S/C45H78N14O11.4C2HF3O2/c1-5-28(4)36(40(64)56-34(42(66)67)25-27(2)3)57-38(62)33(26-29-12-14-30(60)15-13-29)55-39(63)35-11-8-20-59(35)41(65)32(54-37(61)31(47)9-6-17-51-43(48)49)10-7-18-52-44(50)58-45(68)53-19-22-70-24-23-69-21-16-46;4*3-2(4,5)1(6)7/h12-15,27-28,31-36,60H,5-11,16-26,46-47H2,1-4H3,(H,54,61)(H,55,63)(H,56,64)(H,57,62)(H,66,67)(H4,48,49,51)(H4,50,52,53,58,68);4*(H,6,7)/t28-,31-,32-,33-,34-,35-,36-;;;;/m0..../s1. The van der Waals surface area contributed by atoms with Crippen LogP contribution in [0.1, 0.15) is 84.6 Å². The number of ether oxygens (including phenoxy) is 2. The monoisotopic (exact) mass is 1450 g/mol. The molecule has 0 aliphatic carbocycles. The topological polar surface area (TPSA) is 558 Å². The number of carbonyl (C=O) groups excluding carboxylic acids is 6. The van der Waals surface area contributed by atoms with Crippen LogP contribution in [0.15, 0.2) is 34.3 Å². The molecule has 1 aliphatic heterocycles. The summed E-state index contributed by atoms with van der Waals surface area (Å²) in [5.74, 6) is -16.4. The number of phenols is 1. The summed E-state index contributed by atoms with van der Waals surface area (Å²) < 4.78 is 138. The number of urea groups is 1. The van der Waals surface area contributed by atoms with E-state index in [4.69, 9.17) is 77.7 Å². The second-order valence-corrected chi connectivity index (χ2v) is 20.7. The lowest BCUT2D eigenvalue weighted by Crippen LogP contribution is -2.60. The van der Waals surface area contributed by atoms with E-state index in [0.717, 1.165) is 0 Å². The Morgan fingerprint density at radius 2 is 1.10 bits per heavy atom. The van der Waals surface area contributed by atoms with E-state index >= 15 is 0 Å². The third kappa shape index (κ3) is 43.7. The van der Waals surface area contributed by atoms with Crippen molar-refractivity contribution in [1.82, 2.24) is 36.8 Å². The Morgan fingerprint density at radius 1 is 0.633 bits per heavy atom. The summed E-state index contributed by atoms with van der Waals surface area (Å²) in [4.78, 5) is 139. The third-order valence-corrected chi connectivity index (χ3v) is 12.2. The molecule has 98 heavy (non-hydrogen) atoms. The van der Waals surface area contributed by atoms with Gasteiger partial charge in [0.05, 0.1) is 32.5 Å². The Labute approximate surface area is 550 Å². The molecule has 0 spiro atoms. The molecular weight excluding hydrogens is 1360 g/mol. The van der Waals surface area contributed by atoms with E-state index < -0.39 is 132 Å². The van der Waals surface area contributed by atoms with Crippen LogP contribution in [0.4, 0.5) is 57.5 Å². The zero-order chi connectivity index (χ0) is 76.5. The van der Waals surface area contributed by atoms with Crippen LogP contribution in [-0.2, 0) is 63.8 Å². The van der Waals surface area contributed by atoms with Gasteiger partial charge < -0.3 is 100 Å². The first kappa shape index (κ1) is 92.9. The maximum absolute atomic E-state index is 14.4. The summed E-state index contributed by atoms with van der Waals surface area (Å²) >= 11 is 0. The number of benzene rings is 1. The second kappa shape index (κ2) is 46.8. The summed E-state index contributed by atoms with van der Waals surface area (Å²) in [7, 11) is 0. The molecule has 45 heteroatoms. The Balaban J connectivity index is -0.00000266. The minimum atomic E-state index is -5.08. The molecule has 0 saturated carbocycles. The molecule has 1 fully saturated rings. The van der Waals surface area contributed by atoms with Gasteiger partial charge >= 0.3 is 60.6 Å². The molecule has 1 aliphatic rings. The van der Waals surface area contributed by atoms with Gasteiger partial charge in [0.2, 0.25) is 29.5 Å². The Hall–Kier alpha value is -9.27. The first-order valence-electron chi connectivity index (χ1n) is 28.8. The van der Waals surface area contributed by atoms with Crippen LogP contribution >= 0.6 is 0 Å². The van der Waals surface area contributed by atoms with Crippen LogP contribution in [0.25, 0.3) is 0 Å². The van der Waals surface area contributed by atoms with Crippen molar-refractivity contribution >= 4 is 77.3 Å². The van der Waals surface area contributed by atoms with E-state index in [0.29, 0.717) is 51.2 Å². The van der Waals surface area contributed by atoms with Gasteiger partial charge in [-0.25, -0.2) is 28.8 Å². The van der Waals surface area contributed by atoms with Gasteiger partial charge in [-0.15, -0.1) is 0 Å². The highest BCUT2D eigenvalue weighted by molar-refractivity contribution is 5.97. The Morgan fingerprint density at radius 3 is 1.55 bits per heavy atom. The molecule has 1 aromatic rings. The number of alkyl halides is 12. The van der Waals surface area contributed by atoms with Crippen molar-refractivity contribution in [2.75, 3.05) is 59.2 Å². The molecule has 22 N–H and O–H groups in total. The fraction of sp³-hybridized carbons (Fsp3) is 0.642. The predicted octanol–water partition coefficient (Wildman–Crippen LogP) is 0.342. The van der Waals surface area contributed by atoms with Gasteiger partial charge in [0.25, 0.3) is 0 Å². The van der Waals surface area contributed by atoms with Crippen LogP contribution in [0.2, 0.25) is 0 Å². The number of halogens is 12. The van der Waals surface area contributed by atoms with Crippen molar-refractivity contribution in [2.45, 2.75) is 146 Å². The maximum atomic E-state index is 14.4. The average Bonchev–Trinajstić information content (AvgIpc) is 1.58. The summed E-state index contributed by atoms with van der Waals surface area (Å²) in [5, 5.41) is 64.0. The molecule has 562 valence electrons. The van der Waals surface area contributed by atoms with Gasteiger partial charge in [0.1, 0.15) is 36.0 Å². The molecule has 0 aromatic heterocycles. The number of phenolic OH excluding ortho intramolecular Hbond substituents is 1. The van der Waals surface area contributed by atoms with Crippen LogP contribution < -0.4 is 60.6 Å². The lowest BCUT2D eigenvalue weighted by atomic mass is 9.96. The van der Waals surface area contributed by atoms with Gasteiger partial charge in [-0.1, -0.05) is 46.2 Å². The molecule has 1 saturated heterocycles. The van der Waals surface area contributed by atoms with E-state index in [1.165, 1.54) is 17.0 Å². The number of nitrogens with two attached hydrogens (primary N) is 5. The van der Waals surface area contributed by atoms with Gasteiger partial charge in [-0.05, 0) is 74.5 Å². The number of carboxylic acids is 5. The minimum absolute atomic E-state index is 0.0241. The zero-order valence-corrected chi connectivity index (χ0v) is 52.9. The number of nitrogens with zero attached hydrogens (tertiary/aromatic N) is 3. The number of aromatic hydroxyl groups is 1. The maximum Gasteiger partial charge on any atom is 0.490 e. The predicted molar refractivity (Wildman–Crippen MR) is 316 cm³/mol. The number of nitrogens with one attached hydrogen (secondary N) is 6. The largest absolute Gasteiger partial charge is 0.508 e. The summed E-state index contributed by atoms with van der Waals surface area (Å²) in [5.41, 5.74) is 28.9. The fourth-order valence-corrected chi connectivity index (χ4v) is 7.28. The zero-order valence-electron chi connectivity index (χ0n) is 52.9. The number of amides is 7. The number of carbonyl (C=O) groups is 11. The van der Waals surface area contributed by atoms with Crippen LogP contribution in [-0.4, -0.2) is 233 Å². The van der Waals surface area contributed by atoms with E-state index in [2.05, 4.69) is 41.9 Å². The Bertz CT molecular complexity index is 2650. The molecule has 1 aromatic carbocycles. The van der Waals surface area contributed by atoms with Gasteiger partial charge in [0, 0.05) is 39.1 Å². The molecule has 2 rings (SSSR count). The fourth-order valence-electron chi connectivity index (χ4n) is 7.28. The third-order valence-electron chi connectivity index (χ3n) is 12.2. The highest BCUT2D eigenvalue weighted by Crippen LogP contribution is 2.22. The van der Waals surface area contributed by atoms with Crippen molar-refractivity contribution in [2.24, 2.45) is 50.5 Å². The highest BCUT2D eigenvalue weighted by Gasteiger charge is 2.42. The van der Waals surface area contributed by atoms with Crippen LogP contribution in [0.3, 0.4) is 0 Å². The molecular formula is C53H82F12N14O19. The van der Waals surface area contributed by atoms with E-state index in [9.17, 15) is 96.5 Å². The number of guanidine groups is 2. The van der Waals surface area contributed by atoms with Crippen molar-refractivity contribution in [3.8, 4) is 5.75 Å². The summed E-state index contributed by atoms with van der Waals surface area (Å²) in [6, 6.07) is -1.64. The van der Waals surface area contributed by atoms with Gasteiger partial charge in [-0.2, -0.15) is 52.7 Å². The number of hydrogen-bond donors (Lipinski definition) is 17. The molecule has 33 nitrogen and oxygen atoms in total. The summed E-state index contributed by atoms with van der Waals surface area (Å²) in [6.45, 7) is 9.50. The van der Waals surface area contributed by atoms with Crippen LogP contribution in [0, 0.1) is 11.8 Å². The van der Waals surface area contributed by atoms with E-state index in [1.807, 2.05) is 20.8 Å². The Kier molecular flexibility index (Phi) is 44.4. The van der Waals surface area contributed by atoms with Crippen molar-refractivity contribution < 1.29 is 146 Å². The number of carboxylic acid groups (broad SMARTS) is 5. The van der Waals surface area contributed by atoms with Gasteiger partial charge in [0.15, 0.2) is 11.9 Å². The van der Waals surface area contributed by atoms with Crippen molar-refractivity contribution in [3.05, 3.63) is 29.8 Å². The van der Waals surface area contributed by atoms with Crippen LogP contribution in [0.5, 0.6) is 5.75 Å². The number of aliphatic imine (C=N–C) groups is 2. The van der Waals surface area contributed by atoms with E-state index in [1.54, 1.807) is 19.1 Å². The number of aliphatic carboxylic acids is 5. The van der Waals surface area contributed by atoms with Crippen molar-refractivity contribution in [3.63, 3.8) is 0 Å². The summed E-state index contributed by atoms with van der Waals surface area (Å²) in [6.07, 6.45) is -18.4. The van der Waals surface area contributed by atoms with E-state index in [-0.39, 0.29) is 94.9 Å². The van der Waals surface area contributed by atoms with Crippen molar-refractivity contribution in [1.29, 1.82) is 0 Å². The number of likely N-dealkylation sites (tertiary alicyclic amines) is 1. The lowest BCUT2D eigenvalue weighted by molar-refractivity contribution is -0.193. The average molecular weight is 1450 g/mol.